The van der Waals surface area contributed by atoms with E-state index in [1.165, 1.54) is 44.1 Å². The van der Waals surface area contributed by atoms with E-state index in [1.807, 2.05) is 0 Å². The van der Waals surface area contributed by atoms with Gasteiger partial charge in [0.05, 0.1) is 13.2 Å². The monoisotopic (exact) mass is 339 g/mol. The van der Waals surface area contributed by atoms with Gasteiger partial charge < -0.3 is 14.8 Å². The molecule has 3 rings (SSSR count). The Hall–Kier alpha value is -0.930. The van der Waals surface area contributed by atoms with Crippen LogP contribution in [-0.2, 0) is 5.41 Å². The minimum Gasteiger partial charge on any atom is -0.493 e. The molecule has 0 aromatic heterocycles. The average Bonchev–Trinajstić information content (AvgIpc) is 2.89. The second kappa shape index (κ2) is 8.79. The fraction of sp³-hybridized carbons (Fsp3) is 0.684. The number of benzene rings is 1. The van der Waals surface area contributed by atoms with Crippen LogP contribution in [0, 0.1) is 0 Å². The predicted molar refractivity (Wildman–Crippen MR) is 97.2 cm³/mol. The highest BCUT2D eigenvalue weighted by molar-refractivity contribution is 5.85. The molecule has 1 aromatic carbocycles. The third-order valence-corrected chi connectivity index (χ3v) is 5.11. The molecule has 1 aromatic rings. The lowest BCUT2D eigenvalue weighted by atomic mass is 9.75. The highest BCUT2D eigenvalue weighted by Crippen LogP contribution is 2.45. The van der Waals surface area contributed by atoms with E-state index >= 15 is 0 Å². The number of nitrogens with one attached hydrogen (secondary N) is 1. The lowest BCUT2D eigenvalue weighted by Gasteiger charge is -2.32. The number of rotatable bonds is 7. The number of hydrogen-bond acceptors (Lipinski definition) is 3. The first-order valence-corrected chi connectivity index (χ1v) is 8.95. The van der Waals surface area contributed by atoms with Crippen molar-refractivity contribution in [3.8, 4) is 11.5 Å². The molecule has 0 saturated carbocycles. The van der Waals surface area contributed by atoms with Crippen molar-refractivity contribution in [2.75, 3.05) is 26.3 Å². The number of halogens is 1. The zero-order chi connectivity index (χ0) is 15.3. The SMILES string of the molecule is CCCCCCCOc1ccc2c(c1)OCC21CCNCC1.Cl. The van der Waals surface area contributed by atoms with E-state index in [9.17, 15) is 0 Å². The van der Waals surface area contributed by atoms with E-state index in [-0.39, 0.29) is 17.8 Å². The molecule has 1 fully saturated rings. The summed E-state index contributed by atoms with van der Waals surface area (Å²) in [6, 6.07) is 6.46. The van der Waals surface area contributed by atoms with Crippen LogP contribution < -0.4 is 14.8 Å². The van der Waals surface area contributed by atoms with Gasteiger partial charge in [-0.1, -0.05) is 38.7 Å². The summed E-state index contributed by atoms with van der Waals surface area (Å²) in [5.41, 5.74) is 1.64. The largest absolute Gasteiger partial charge is 0.493 e. The molecule has 23 heavy (non-hydrogen) atoms. The maximum Gasteiger partial charge on any atom is 0.126 e. The molecule has 0 atom stereocenters. The summed E-state index contributed by atoms with van der Waals surface area (Å²) in [7, 11) is 0. The summed E-state index contributed by atoms with van der Waals surface area (Å²) >= 11 is 0. The smallest absolute Gasteiger partial charge is 0.126 e. The van der Waals surface area contributed by atoms with Crippen LogP contribution in [0.15, 0.2) is 18.2 Å². The standard InChI is InChI=1S/C19H29NO2.ClH/c1-2-3-4-5-6-13-21-16-7-8-17-18(14-16)22-15-19(17)9-11-20-12-10-19;/h7-8,14,20H,2-6,9-13,15H2,1H3;1H. The molecule has 2 aliphatic rings. The molecule has 0 aliphatic carbocycles. The van der Waals surface area contributed by atoms with Crippen molar-refractivity contribution in [3.05, 3.63) is 23.8 Å². The predicted octanol–water partition coefficient (Wildman–Crippen LogP) is 4.47. The van der Waals surface area contributed by atoms with Crippen LogP contribution >= 0.6 is 12.4 Å². The highest BCUT2D eigenvalue weighted by atomic mass is 35.5. The molecule has 130 valence electrons. The van der Waals surface area contributed by atoms with Crippen LogP contribution in [0.25, 0.3) is 0 Å². The molecule has 0 radical (unpaired) electrons. The Kier molecular flexibility index (Phi) is 7.04. The lowest BCUT2D eigenvalue weighted by molar-refractivity contribution is 0.220. The second-order valence-electron chi connectivity index (χ2n) is 6.74. The number of piperidine rings is 1. The Bertz CT molecular complexity index is 486. The molecular weight excluding hydrogens is 310 g/mol. The number of fused-ring (bicyclic) bond motifs is 2. The van der Waals surface area contributed by atoms with Gasteiger partial charge in [-0.15, -0.1) is 12.4 Å². The van der Waals surface area contributed by atoms with Crippen LogP contribution in [0.1, 0.15) is 57.4 Å². The maximum atomic E-state index is 5.98. The minimum absolute atomic E-state index is 0. The summed E-state index contributed by atoms with van der Waals surface area (Å²) < 4.78 is 11.9. The Morgan fingerprint density at radius 1 is 1.13 bits per heavy atom. The number of hydrogen-bond donors (Lipinski definition) is 1. The molecule has 4 heteroatoms. The number of ether oxygens (including phenoxy) is 2. The van der Waals surface area contributed by atoms with Crippen LogP contribution in [0.3, 0.4) is 0 Å². The van der Waals surface area contributed by atoms with Crippen LogP contribution in [0.2, 0.25) is 0 Å². The first kappa shape index (κ1) is 18.4. The van der Waals surface area contributed by atoms with Crippen molar-refractivity contribution in [2.24, 2.45) is 0 Å². The zero-order valence-corrected chi connectivity index (χ0v) is 15.1. The minimum atomic E-state index is 0. The van der Waals surface area contributed by atoms with Crippen molar-refractivity contribution >= 4 is 12.4 Å². The van der Waals surface area contributed by atoms with E-state index in [0.717, 1.165) is 44.2 Å². The van der Waals surface area contributed by atoms with E-state index in [1.54, 1.807) is 0 Å². The third kappa shape index (κ3) is 4.33. The molecule has 0 unspecified atom stereocenters. The van der Waals surface area contributed by atoms with Gasteiger partial charge in [-0.3, -0.25) is 0 Å². The van der Waals surface area contributed by atoms with Gasteiger partial charge in [0.2, 0.25) is 0 Å². The first-order valence-electron chi connectivity index (χ1n) is 8.95. The fourth-order valence-electron chi connectivity index (χ4n) is 3.66. The fourth-order valence-corrected chi connectivity index (χ4v) is 3.66. The summed E-state index contributed by atoms with van der Waals surface area (Å²) in [5, 5.41) is 3.45. The zero-order valence-electron chi connectivity index (χ0n) is 14.2. The topological polar surface area (TPSA) is 30.5 Å². The molecular formula is C19H30ClNO2. The first-order chi connectivity index (χ1) is 10.8. The van der Waals surface area contributed by atoms with Gasteiger partial charge in [0.25, 0.3) is 0 Å². The second-order valence-corrected chi connectivity index (χ2v) is 6.74. The van der Waals surface area contributed by atoms with Crippen molar-refractivity contribution in [1.29, 1.82) is 0 Å². The van der Waals surface area contributed by atoms with Crippen molar-refractivity contribution in [1.82, 2.24) is 5.32 Å². The van der Waals surface area contributed by atoms with Gasteiger partial charge in [-0.2, -0.15) is 0 Å². The van der Waals surface area contributed by atoms with Crippen molar-refractivity contribution < 1.29 is 9.47 Å². The third-order valence-electron chi connectivity index (χ3n) is 5.11. The van der Waals surface area contributed by atoms with E-state index in [2.05, 4.69) is 30.4 Å². The molecule has 0 bridgehead atoms. The molecule has 2 aliphatic heterocycles. The number of unbranched alkanes of at least 4 members (excludes halogenated alkanes) is 4. The maximum absolute atomic E-state index is 5.98. The Balaban J connectivity index is 0.00000192. The van der Waals surface area contributed by atoms with Crippen LogP contribution in [-0.4, -0.2) is 26.3 Å². The van der Waals surface area contributed by atoms with Gasteiger partial charge in [0.1, 0.15) is 11.5 Å². The quantitative estimate of drug-likeness (QED) is 0.743. The van der Waals surface area contributed by atoms with Crippen LogP contribution in [0.4, 0.5) is 0 Å². The van der Waals surface area contributed by atoms with E-state index < -0.39 is 0 Å². The molecule has 0 amide bonds. The molecule has 2 heterocycles. The summed E-state index contributed by atoms with van der Waals surface area (Å²) in [6.07, 6.45) is 8.72. The van der Waals surface area contributed by atoms with Crippen molar-refractivity contribution in [3.63, 3.8) is 0 Å². The van der Waals surface area contributed by atoms with E-state index in [4.69, 9.17) is 9.47 Å². The van der Waals surface area contributed by atoms with Gasteiger partial charge >= 0.3 is 0 Å². The van der Waals surface area contributed by atoms with Crippen LogP contribution in [0.5, 0.6) is 11.5 Å². The molecule has 1 saturated heterocycles. The normalized spacial score (nSPS) is 18.1. The lowest BCUT2D eigenvalue weighted by Crippen LogP contribution is -2.40. The van der Waals surface area contributed by atoms with Gasteiger partial charge in [-0.05, 0) is 38.4 Å². The molecule has 1 N–H and O–H groups in total. The summed E-state index contributed by atoms with van der Waals surface area (Å²) in [5.74, 6) is 2.01. The molecule has 1 spiro atoms. The Morgan fingerprint density at radius 3 is 2.70 bits per heavy atom. The summed E-state index contributed by atoms with van der Waals surface area (Å²) in [6.45, 7) is 6.09. The average molecular weight is 340 g/mol. The van der Waals surface area contributed by atoms with Gasteiger partial charge in [-0.25, -0.2) is 0 Å². The van der Waals surface area contributed by atoms with Gasteiger partial charge in [0.15, 0.2) is 0 Å². The Labute approximate surface area is 146 Å². The van der Waals surface area contributed by atoms with Gasteiger partial charge in [0, 0.05) is 17.0 Å². The van der Waals surface area contributed by atoms with E-state index in [0.29, 0.717) is 0 Å². The Morgan fingerprint density at radius 2 is 1.91 bits per heavy atom. The summed E-state index contributed by atoms with van der Waals surface area (Å²) in [4.78, 5) is 0. The van der Waals surface area contributed by atoms with Crippen molar-refractivity contribution in [2.45, 2.75) is 57.3 Å². The highest BCUT2D eigenvalue weighted by Gasteiger charge is 2.41. The molecule has 3 nitrogen and oxygen atoms in total.